The summed E-state index contributed by atoms with van der Waals surface area (Å²) in [5.74, 6) is 0.803. The molecule has 4 aliphatic heterocycles. The highest BCUT2D eigenvalue weighted by Crippen LogP contribution is 2.57. The van der Waals surface area contributed by atoms with E-state index in [1.54, 1.807) is 0 Å². The lowest BCUT2D eigenvalue weighted by molar-refractivity contribution is -0.180. The lowest BCUT2D eigenvalue weighted by Gasteiger charge is -2.64. The van der Waals surface area contributed by atoms with Gasteiger partial charge in [0.15, 0.2) is 6.35 Å². The molecule has 2 aliphatic carbocycles. The summed E-state index contributed by atoms with van der Waals surface area (Å²) in [5.41, 5.74) is 1.16. The normalized spacial score (nSPS) is 36.9. The quantitative estimate of drug-likeness (QED) is 0.278. The van der Waals surface area contributed by atoms with Crippen molar-refractivity contribution in [3.8, 4) is 6.07 Å². The summed E-state index contributed by atoms with van der Waals surface area (Å²) in [6.45, 7) is 7.72. The summed E-state index contributed by atoms with van der Waals surface area (Å²) in [5, 5.41) is 19.0. The highest BCUT2D eigenvalue weighted by Gasteiger charge is 2.60. The molecule has 6 aliphatic rings. The van der Waals surface area contributed by atoms with Crippen LogP contribution in [0.2, 0.25) is 5.02 Å². The van der Waals surface area contributed by atoms with Crippen molar-refractivity contribution in [1.82, 2.24) is 25.3 Å². The maximum absolute atomic E-state index is 13.0. The zero-order valence-corrected chi connectivity index (χ0v) is 29.7. The van der Waals surface area contributed by atoms with Crippen molar-refractivity contribution in [2.24, 2.45) is 11.8 Å². The third kappa shape index (κ3) is 6.66. The van der Waals surface area contributed by atoms with E-state index < -0.39 is 0 Å². The maximum Gasteiger partial charge on any atom is 0.246 e. The Morgan fingerprint density at radius 3 is 2.72 bits per heavy atom. The average molecular weight is 681 g/mol. The van der Waals surface area contributed by atoms with Gasteiger partial charge in [0.1, 0.15) is 0 Å². The molecule has 8 nitrogen and oxygen atoms in total. The van der Waals surface area contributed by atoms with Gasteiger partial charge in [-0.25, -0.2) is 0 Å². The number of likely N-dealkylation sites (tertiary alicyclic amines) is 1. The van der Waals surface area contributed by atoms with E-state index in [0.29, 0.717) is 50.0 Å². The van der Waals surface area contributed by atoms with Crippen LogP contribution in [-0.4, -0.2) is 95.3 Å². The van der Waals surface area contributed by atoms with E-state index in [-0.39, 0.29) is 28.7 Å². The molecule has 6 unspecified atom stereocenters. The summed E-state index contributed by atoms with van der Waals surface area (Å²) >= 11 is 8.52. The second-order valence-electron chi connectivity index (χ2n) is 15.2. The van der Waals surface area contributed by atoms with Gasteiger partial charge < -0.3 is 14.5 Å². The van der Waals surface area contributed by atoms with Gasteiger partial charge in [-0.05, 0) is 94.6 Å². The summed E-state index contributed by atoms with van der Waals surface area (Å²) in [6.07, 6.45) is 15.9. The Morgan fingerprint density at radius 1 is 1.15 bits per heavy atom. The molecule has 7 rings (SSSR count). The predicted octanol–water partition coefficient (Wildman–Crippen LogP) is 5.76. The van der Waals surface area contributed by atoms with Gasteiger partial charge >= 0.3 is 0 Å². The van der Waals surface area contributed by atoms with E-state index in [1.165, 1.54) is 67.9 Å². The molecular weight excluding hydrogens is 628 g/mol. The summed E-state index contributed by atoms with van der Waals surface area (Å²) in [7, 11) is 2.22. The van der Waals surface area contributed by atoms with E-state index >= 15 is 0 Å². The number of hydrogen-bond acceptors (Lipinski definition) is 8. The number of nitrogens with zero attached hydrogens (tertiary/aromatic N) is 4. The Kier molecular flexibility index (Phi) is 10.3. The Labute approximate surface area is 290 Å². The van der Waals surface area contributed by atoms with Crippen molar-refractivity contribution in [2.75, 3.05) is 39.8 Å². The Hall–Kier alpha value is -1.64. The minimum Gasteiger partial charge on any atom is -0.348 e. The largest absolute Gasteiger partial charge is 0.348 e. The van der Waals surface area contributed by atoms with E-state index in [0.717, 1.165) is 43.8 Å². The van der Waals surface area contributed by atoms with Gasteiger partial charge in [0.2, 0.25) is 5.91 Å². The molecule has 1 aromatic rings. The molecule has 256 valence electrons. The van der Waals surface area contributed by atoms with Crippen molar-refractivity contribution in [2.45, 2.75) is 123 Å². The number of ether oxygens (including phenoxy) is 1. The first kappa shape index (κ1) is 33.8. The van der Waals surface area contributed by atoms with E-state index in [4.69, 9.17) is 16.3 Å². The van der Waals surface area contributed by atoms with Crippen LogP contribution in [0.5, 0.6) is 0 Å². The number of hydrogen-bond donors (Lipinski definition) is 2. The van der Waals surface area contributed by atoms with Crippen LogP contribution in [-0.2, 0) is 16.0 Å². The van der Waals surface area contributed by atoms with Crippen molar-refractivity contribution < 1.29 is 9.53 Å². The fourth-order valence-corrected chi connectivity index (χ4v) is 12.1. The second-order valence-corrected chi connectivity index (χ2v) is 17.1. The topological polar surface area (TPSA) is 83.9 Å². The third-order valence-electron chi connectivity index (χ3n) is 12.5. The molecule has 0 radical (unpaired) electrons. The Bertz CT molecular complexity index is 1350. The van der Waals surface area contributed by atoms with Crippen LogP contribution in [0.15, 0.2) is 35.7 Å². The molecule has 1 aromatic carbocycles. The number of nitriles is 1. The first-order valence-electron chi connectivity index (χ1n) is 18.2. The first-order valence-corrected chi connectivity index (χ1v) is 19.4. The maximum atomic E-state index is 13.0. The van der Waals surface area contributed by atoms with Crippen molar-refractivity contribution >= 4 is 29.3 Å². The van der Waals surface area contributed by atoms with Crippen LogP contribution in [0.3, 0.4) is 0 Å². The zero-order valence-electron chi connectivity index (χ0n) is 28.1. The minimum atomic E-state index is -0.273. The highest BCUT2D eigenvalue weighted by atomic mass is 35.5. The molecule has 1 spiro atoms. The van der Waals surface area contributed by atoms with Crippen LogP contribution < -0.4 is 10.6 Å². The second kappa shape index (κ2) is 14.3. The number of thioether (sulfide) groups is 1. The van der Waals surface area contributed by atoms with Gasteiger partial charge in [-0.15, -0.1) is 11.8 Å². The number of halogens is 1. The van der Waals surface area contributed by atoms with E-state index in [1.807, 2.05) is 11.0 Å². The van der Waals surface area contributed by atoms with Crippen LogP contribution >= 0.6 is 23.4 Å². The number of amides is 1. The first-order chi connectivity index (χ1) is 22.8. The number of fused-ring (bicyclic) bond motifs is 2. The van der Waals surface area contributed by atoms with Gasteiger partial charge in [0.25, 0.3) is 0 Å². The standard InChI is InChI=1S/C37H53ClN6O2S/c1-3-34(45)44-20-19-43(24-29(44)15-17-39)37(27-9-6-4-5-7-10-27)31-14-16-36(22-26-12-13-28(38)21-33(26)47-36)23-32(31)40-35(41-37)46-25-30-11-8-18-42(30)2/h3,12-13,21,27,29-32,35,40-41H,1,4-11,14-16,18-20,22-25H2,2H3/t29?,30?,31?,32?,35?,36-,37?/m1/s1. The predicted molar refractivity (Wildman–Crippen MR) is 188 cm³/mol. The molecule has 7 atom stereocenters. The van der Waals surface area contributed by atoms with Gasteiger partial charge in [-0.1, -0.05) is 49.9 Å². The van der Waals surface area contributed by atoms with E-state index in [9.17, 15) is 10.1 Å². The SMILES string of the molecule is C=CC(=O)N1CCN(C2(C3CCCCCC3)NC(OCC3CCCN3C)NC3C[C@@]4(CCC32)Cc2ccc(Cl)cc2S4)CC1CC#N. The summed E-state index contributed by atoms with van der Waals surface area (Å²) in [6, 6.07) is 9.44. The lowest BCUT2D eigenvalue weighted by Crippen LogP contribution is -2.81. The molecule has 10 heteroatoms. The van der Waals surface area contributed by atoms with Gasteiger partial charge in [-0.2, -0.15) is 5.26 Å². The monoisotopic (exact) mass is 680 g/mol. The number of rotatable bonds is 7. The number of likely N-dealkylation sites (N-methyl/N-ethyl adjacent to an activating group) is 1. The molecule has 1 amide bonds. The molecule has 5 fully saturated rings. The Balaban J connectivity index is 1.24. The molecule has 4 heterocycles. The Morgan fingerprint density at radius 2 is 1.98 bits per heavy atom. The van der Waals surface area contributed by atoms with E-state index in [2.05, 4.69) is 64.0 Å². The van der Waals surface area contributed by atoms with Crippen LogP contribution in [0.25, 0.3) is 0 Å². The molecule has 0 bridgehead atoms. The molecule has 2 N–H and O–H groups in total. The third-order valence-corrected chi connectivity index (χ3v) is 14.3. The number of piperazine rings is 1. The highest BCUT2D eigenvalue weighted by molar-refractivity contribution is 8.01. The summed E-state index contributed by atoms with van der Waals surface area (Å²) < 4.78 is 7.04. The number of benzene rings is 1. The number of nitrogens with one attached hydrogen (secondary N) is 2. The van der Waals surface area contributed by atoms with Crippen LogP contribution in [0.1, 0.15) is 82.6 Å². The average Bonchev–Trinajstić information content (AvgIpc) is 3.51. The van der Waals surface area contributed by atoms with Crippen molar-refractivity contribution in [3.05, 3.63) is 41.4 Å². The molecular formula is C37H53ClN6O2S. The summed E-state index contributed by atoms with van der Waals surface area (Å²) in [4.78, 5) is 21.3. The van der Waals surface area contributed by atoms with Crippen LogP contribution in [0, 0.1) is 23.2 Å². The van der Waals surface area contributed by atoms with Gasteiger partial charge in [0.05, 0.1) is 30.8 Å². The smallest absolute Gasteiger partial charge is 0.246 e. The minimum absolute atomic E-state index is 0.0657. The molecule has 3 saturated heterocycles. The molecule has 47 heavy (non-hydrogen) atoms. The van der Waals surface area contributed by atoms with Gasteiger partial charge in [-0.3, -0.25) is 20.3 Å². The zero-order chi connectivity index (χ0) is 32.6. The van der Waals surface area contributed by atoms with Crippen molar-refractivity contribution in [3.63, 3.8) is 0 Å². The fourth-order valence-electron chi connectivity index (χ4n) is 10.2. The number of carbonyl (C=O) groups is 1. The molecule has 0 aromatic heterocycles. The lowest BCUT2D eigenvalue weighted by atomic mass is 9.63. The van der Waals surface area contributed by atoms with Crippen molar-refractivity contribution in [1.29, 1.82) is 5.26 Å². The van der Waals surface area contributed by atoms with Gasteiger partial charge in [0, 0.05) is 52.3 Å². The molecule has 2 saturated carbocycles. The van der Waals surface area contributed by atoms with Crippen LogP contribution in [0.4, 0.5) is 0 Å². The fraction of sp³-hybridized carbons (Fsp3) is 0.730. The number of carbonyl (C=O) groups excluding carboxylic acids is 1.